The van der Waals surface area contributed by atoms with Gasteiger partial charge in [-0.25, -0.2) is 14.8 Å². The summed E-state index contributed by atoms with van der Waals surface area (Å²) in [6.45, 7) is 11.5. The van der Waals surface area contributed by atoms with Gasteiger partial charge in [0.05, 0.1) is 5.75 Å². The van der Waals surface area contributed by atoms with Crippen molar-refractivity contribution in [2.75, 3.05) is 5.75 Å². The molecule has 1 rings (SSSR count). The number of imide groups is 1. The van der Waals surface area contributed by atoms with Crippen LogP contribution in [0.4, 0.5) is 4.79 Å². The average Bonchev–Trinajstić information content (AvgIpc) is 2.33. The highest BCUT2D eigenvalue weighted by atomic mass is 32.2. The van der Waals surface area contributed by atoms with E-state index in [2.05, 4.69) is 20.6 Å². The van der Waals surface area contributed by atoms with Crippen LogP contribution in [0.5, 0.6) is 0 Å². The quantitative estimate of drug-likeness (QED) is 0.657. The molecule has 2 N–H and O–H groups in total. The zero-order chi connectivity index (χ0) is 16.9. The van der Waals surface area contributed by atoms with Crippen molar-refractivity contribution >= 4 is 23.7 Å². The van der Waals surface area contributed by atoms with Gasteiger partial charge in [0.1, 0.15) is 10.9 Å². The lowest BCUT2D eigenvalue weighted by atomic mass is 10.1. The van der Waals surface area contributed by atoms with Crippen LogP contribution in [0.15, 0.2) is 11.1 Å². The summed E-state index contributed by atoms with van der Waals surface area (Å²) in [6.07, 6.45) is 0. The lowest BCUT2D eigenvalue weighted by Gasteiger charge is -2.20. The second-order valence-corrected chi connectivity index (χ2v) is 7.40. The molecule has 1 aromatic rings. The van der Waals surface area contributed by atoms with Crippen LogP contribution in [0.2, 0.25) is 0 Å². The zero-order valence-electron chi connectivity index (χ0n) is 14.0. The maximum Gasteiger partial charge on any atom is 0.321 e. The monoisotopic (exact) mass is 324 g/mol. The van der Waals surface area contributed by atoms with Gasteiger partial charge >= 0.3 is 6.03 Å². The SMILES string of the molecule is Cc1cc(SCC(=O)NC(=O)NC(C)(C)C)nc(C(C)C)n1. The summed E-state index contributed by atoms with van der Waals surface area (Å²) in [5.41, 5.74) is 0.486. The molecule has 0 aliphatic heterocycles. The summed E-state index contributed by atoms with van der Waals surface area (Å²) >= 11 is 1.29. The summed E-state index contributed by atoms with van der Waals surface area (Å²) in [7, 11) is 0. The third kappa shape index (κ3) is 6.89. The molecule has 122 valence electrons. The van der Waals surface area contributed by atoms with Crippen LogP contribution >= 0.6 is 11.8 Å². The normalized spacial score (nSPS) is 11.4. The molecule has 3 amide bonds. The maximum absolute atomic E-state index is 11.8. The van der Waals surface area contributed by atoms with E-state index in [1.165, 1.54) is 11.8 Å². The van der Waals surface area contributed by atoms with Gasteiger partial charge in [-0.15, -0.1) is 0 Å². The standard InChI is InChI=1S/C15H24N4O2S/c1-9(2)13-16-10(3)7-12(18-13)22-8-11(20)17-14(21)19-15(4,5)6/h7,9H,8H2,1-6H3,(H2,17,19,20,21). The summed E-state index contributed by atoms with van der Waals surface area (Å²) in [4.78, 5) is 32.2. The predicted octanol–water partition coefficient (Wildman–Crippen LogP) is 2.62. The Kier molecular flexibility index (Phi) is 6.34. The van der Waals surface area contributed by atoms with Gasteiger partial charge in [0.15, 0.2) is 0 Å². The van der Waals surface area contributed by atoms with Crippen molar-refractivity contribution in [3.63, 3.8) is 0 Å². The number of thioether (sulfide) groups is 1. The fraction of sp³-hybridized carbons (Fsp3) is 0.600. The van der Waals surface area contributed by atoms with Crippen molar-refractivity contribution in [3.05, 3.63) is 17.6 Å². The molecule has 0 radical (unpaired) electrons. The minimum atomic E-state index is -0.486. The molecule has 0 aliphatic carbocycles. The molecule has 0 aliphatic rings. The van der Waals surface area contributed by atoms with Crippen LogP contribution in [0, 0.1) is 6.92 Å². The third-order valence-electron chi connectivity index (χ3n) is 2.46. The largest absolute Gasteiger partial charge is 0.333 e. The first kappa shape index (κ1) is 18.4. The highest BCUT2D eigenvalue weighted by molar-refractivity contribution is 7.99. The van der Waals surface area contributed by atoms with Gasteiger partial charge in [-0.1, -0.05) is 25.6 Å². The molecule has 0 atom stereocenters. The van der Waals surface area contributed by atoms with E-state index in [9.17, 15) is 9.59 Å². The van der Waals surface area contributed by atoms with Crippen molar-refractivity contribution in [2.45, 2.75) is 58.0 Å². The lowest BCUT2D eigenvalue weighted by molar-refractivity contribution is -0.117. The van der Waals surface area contributed by atoms with Crippen LogP contribution in [-0.2, 0) is 4.79 Å². The average molecular weight is 324 g/mol. The minimum absolute atomic E-state index is 0.131. The number of rotatable bonds is 4. The second kappa shape index (κ2) is 7.58. The van der Waals surface area contributed by atoms with Gasteiger partial charge in [0.2, 0.25) is 5.91 Å². The minimum Gasteiger partial charge on any atom is -0.333 e. The van der Waals surface area contributed by atoms with E-state index in [4.69, 9.17) is 0 Å². The molecule has 1 heterocycles. The fourth-order valence-electron chi connectivity index (χ4n) is 1.57. The maximum atomic E-state index is 11.8. The summed E-state index contributed by atoms with van der Waals surface area (Å²) in [5.74, 6) is 0.763. The van der Waals surface area contributed by atoms with E-state index in [1.54, 1.807) is 0 Å². The van der Waals surface area contributed by atoms with E-state index in [1.807, 2.05) is 47.6 Å². The molecule has 7 heteroatoms. The van der Waals surface area contributed by atoms with Crippen molar-refractivity contribution in [1.82, 2.24) is 20.6 Å². The van der Waals surface area contributed by atoms with Crippen LogP contribution in [-0.4, -0.2) is 33.2 Å². The molecule has 1 aromatic heterocycles. The zero-order valence-corrected chi connectivity index (χ0v) is 14.8. The van der Waals surface area contributed by atoms with E-state index in [-0.39, 0.29) is 23.1 Å². The van der Waals surface area contributed by atoms with Gasteiger partial charge in [0.25, 0.3) is 0 Å². The van der Waals surface area contributed by atoms with Crippen molar-refractivity contribution in [2.24, 2.45) is 0 Å². The number of aromatic nitrogens is 2. The van der Waals surface area contributed by atoms with Gasteiger partial charge in [0, 0.05) is 17.2 Å². The lowest BCUT2D eigenvalue weighted by Crippen LogP contribution is -2.48. The van der Waals surface area contributed by atoms with Crippen molar-refractivity contribution in [3.8, 4) is 0 Å². The van der Waals surface area contributed by atoms with Crippen molar-refractivity contribution in [1.29, 1.82) is 0 Å². The van der Waals surface area contributed by atoms with Crippen LogP contribution < -0.4 is 10.6 Å². The highest BCUT2D eigenvalue weighted by Crippen LogP contribution is 2.19. The van der Waals surface area contributed by atoms with E-state index < -0.39 is 6.03 Å². The Morgan fingerprint density at radius 1 is 1.27 bits per heavy atom. The van der Waals surface area contributed by atoms with Crippen LogP contribution in [0.3, 0.4) is 0 Å². The molecule has 6 nitrogen and oxygen atoms in total. The van der Waals surface area contributed by atoms with Gasteiger partial charge in [-0.05, 0) is 33.8 Å². The van der Waals surface area contributed by atoms with E-state index in [0.717, 1.165) is 16.5 Å². The van der Waals surface area contributed by atoms with Crippen molar-refractivity contribution < 1.29 is 9.59 Å². The number of hydrogen-bond donors (Lipinski definition) is 2. The number of hydrogen-bond acceptors (Lipinski definition) is 5. The smallest absolute Gasteiger partial charge is 0.321 e. The Morgan fingerprint density at radius 2 is 1.91 bits per heavy atom. The van der Waals surface area contributed by atoms with Gasteiger partial charge < -0.3 is 5.32 Å². The Morgan fingerprint density at radius 3 is 2.45 bits per heavy atom. The second-order valence-electron chi connectivity index (χ2n) is 6.40. The first-order chi connectivity index (χ1) is 10.1. The topological polar surface area (TPSA) is 84.0 Å². The van der Waals surface area contributed by atoms with Crippen LogP contribution in [0.25, 0.3) is 0 Å². The number of aryl methyl sites for hydroxylation is 1. The molecule has 0 fully saturated rings. The third-order valence-corrected chi connectivity index (χ3v) is 3.37. The Balaban J connectivity index is 2.56. The molecular weight excluding hydrogens is 300 g/mol. The fourth-order valence-corrected chi connectivity index (χ4v) is 2.33. The molecule has 22 heavy (non-hydrogen) atoms. The van der Waals surface area contributed by atoms with E-state index >= 15 is 0 Å². The Bertz CT molecular complexity index is 553. The number of nitrogens with zero attached hydrogens (tertiary/aromatic N) is 2. The van der Waals surface area contributed by atoms with Gasteiger partial charge in [-0.2, -0.15) is 0 Å². The number of urea groups is 1. The molecule has 0 bridgehead atoms. The van der Waals surface area contributed by atoms with E-state index in [0.29, 0.717) is 0 Å². The molecule has 0 aromatic carbocycles. The summed E-state index contributed by atoms with van der Waals surface area (Å²) < 4.78 is 0. The number of amides is 3. The predicted molar refractivity (Wildman–Crippen MR) is 88.0 cm³/mol. The first-order valence-electron chi connectivity index (χ1n) is 7.17. The molecule has 0 unspecified atom stereocenters. The molecule has 0 spiro atoms. The summed E-state index contributed by atoms with van der Waals surface area (Å²) in [6, 6.07) is 1.35. The number of carbonyl (C=O) groups is 2. The molecule has 0 saturated carbocycles. The Labute approximate surface area is 135 Å². The number of carbonyl (C=O) groups excluding carboxylic acids is 2. The summed E-state index contributed by atoms with van der Waals surface area (Å²) in [5, 5.41) is 5.72. The first-order valence-corrected chi connectivity index (χ1v) is 8.16. The highest BCUT2D eigenvalue weighted by Gasteiger charge is 2.16. The van der Waals surface area contributed by atoms with Crippen LogP contribution in [0.1, 0.15) is 52.1 Å². The molecule has 0 saturated heterocycles. The van der Waals surface area contributed by atoms with Gasteiger partial charge in [-0.3, -0.25) is 10.1 Å². The number of nitrogens with one attached hydrogen (secondary N) is 2. The molecular formula is C15H24N4O2S. The Hall–Kier alpha value is -1.63.